The summed E-state index contributed by atoms with van der Waals surface area (Å²) in [5.41, 5.74) is 0. The van der Waals surface area contributed by atoms with Crippen LogP contribution in [0.25, 0.3) is 0 Å². The fourth-order valence-electron chi connectivity index (χ4n) is 2.40. The molecule has 1 aromatic rings. The molecule has 2 rings (SSSR count). The maximum Gasteiger partial charge on any atom is 0.233 e. The normalized spacial score (nSPS) is 16.3. The summed E-state index contributed by atoms with van der Waals surface area (Å²) in [4.78, 5) is 15.4. The Labute approximate surface area is 164 Å². The third kappa shape index (κ3) is 7.38. The van der Waals surface area contributed by atoms with Gasteiger partial charge in [-0.3, -0.25) is 4.79 Å². The molecule has 136 valence electrons. The van der Waals surface area contributed by atoms with Gasteiger partial charge in [-0.05, 0) is 38.1 Å². The van der Waals surface area contributed by atoms with Gasteiger partial charge in [-0.25, -0.2) is 0 Å². The second kappa shape index (κ2) is 11.4. The zero-order valence-corrected chi connectivity index (χ0v) is 16.8. The molecule has 1 amide bonds. The van der Waals surface area contributed by atoms with E-state index in [0.717, 1.165) is 44.0 Å². The summed E-state index contributed by atoms with van der Waals surface area (Å²) in [7, 11) is 0. The van der Waals surface area contributed by atoms with Crippen molar-refractivity contribution in [3.05, 3.63) is 28.2 Å². The highest BCUT2D eigenvalue weighted by molar-refractivity contribution is 8.00. The molecule has 1 aliphatic rings. The topological polar surface area (TPSA) is 44.4 Å². The van der Waals surface area contributed by atoms with Gasteiger partial charge in [0.05, 0.1) is 10.3 Å². The highest BCUT2D eigenvalue weighted by Gasteiger charge is 2.16. The van der Waals surface area contributed by atoms with Gasteiger partial charge in [0.15, 0.2) is 0 Å². The summed E-state index contributed by atoms with van der Waals surface area (Å²) in [6.07, 6.45) is 0.973. The van der Waals surface area contributed by atoms with Crippen molar-refractivity contribution in [3.63, 3.8) is 0 Å². The summed E-state index contributed by atoms with van der Waals surface area (Å²) in [6.45, 7) is 7.91. The van der Waals surface area contributed by atoms with Crippen LogP contribution in [0.1, 0.15) is 13.3 Å². The first-order valence-electron chi connectivity index (χ1n) is 7.89. The molecule has 24 heavy (non-hydrogen) atoms. The van der Waals surface area contributed by atoms with E-state index < -0.39 is 0 Å². The average Bonchev–Trinajstić information content (AvgIpc) is 2.55. The SMILES string of the molecule is CC(Sc1cc(Cl)ccc1Cl)C(=O)NCCCN1CCNCC1.Cl. The number of amides is 1. The van der Waals surface area contributed by atoms with E-state index in [9.17, 15) is 4.79 Å². The van der Waals surface area contributed by atoms with Gasteiger partial charge in [-0.2, -0.15) is 0 Å². The van der Waals surface area contributed by atoms with E-state index in [1.165, 1.54) is 11.8 Å². The van der Waals surface area contributed by atoms with Gasteiger partial charge in [-0.15, -0.1) is 24.2 Å². The largest absolute Gasteiger partial charge is 0.355 e. The number of benzene rings is 1. The van der Waals surface area contributed by atoms with Gasteiger partial charge >= 0.3 is 0 Å². The van der Waals surface area contributed by atoms with Gasteiger partial charge < -0.3 is 15.5 Å². The second-order valence-electron chi connectivity index (χ2n) is 5.57. The van der Waals surface area contributed by atoms with Crippen LogP contribution < -0.4 is 10.6 Å². The lowest BCUT2D eigenvalue weighted by Crippen LogP contribution is -2.44. The minimum Gasteiger partial charge on any atom is -0.355 e. The smallest absolute Gasteiger partial charge is 0.233 e. The molecule has 8 heteroatoms. The first-order valence-corrected chi connectivity index (χ1v) is 9.52. The highest BCUT2D eigenvalue weighted by atomic mass is 35.5. The van der Waals surface area contributed by atoms with Crippen molar-refractivity contribution < 1.29 is 4.79 Å². The zero-order chi connectivity index (χ0) is 16.7. The number of carbonyl (C=O) groups excluding carboxylic acids is 1. The molecule has 0 spiro atoms. The van der Waals surface area contributed by atoms with Crippen molar-refractivity contribution in [2.24, 2.45) is 0 Å². The molecule has 0 aliphatic carbocycles. The Morgan fingerprint density at radius 1 is 1.38 bits per heavy atom. The Hall–Kier alpha value is -0.170. The molecule has 1 aliphatic heterocycles. The number of hydrogen-bond acceptors (Lipinski definition) is 4. The molecule has 4 nitrogen and oxygen atoms in total. The first kappa shape index (κ1) is 21.9. The number of carbonyl (C=O) groups is 1. The summed E-state index contributed by atoms with van der Waals surface area (Å²) in [5, 5.41) is 7.38. The number of halogens is 3. The number of piperazine rings is 1. The van der Waals surface area contributed by atoms with E-state index in [0.29, 0.717) is 16.6 Å². The Balaban J connectivity index is 0.00000288. The molecule has 1 atom stereocenters. The molecule has 1 aromatic carbocycles. The zero-order valence-electron chi connectivity index (χ0n) is 13.7. The molecule has 1 fully saturated rings. The molecule has 1 saturated heterocycles. The number of hydrogen-bond donors (Lipinski definition) is 2. The van der Waals surface area contributed by atoms with Crippen molar-refractivity contribution in [2.75, 3.05) is 39.3 Å². The molecule has 1 unspecified atom stereocenters. The predicted octanol–water partition coefficient (Wildman–Crippen LogP) is 3.31. The Morgan fingerprint density at radius 3 is 2.79 bits per heavy atom. The number of rotatable bonds is 7. The van der Waals surface area contributed by atoms with E-state index in [2.05, 4.69) is 15.5 Å². The monoisotopic (exact) mass is 411 g/mol. The average molecular weight is 413 g/mol. The first-order chi connectivity index (χ1) is 11.1. The number of nitrogens with one attached hydrogen (secondary N) is 2. The molecular weight excluding hydrogens is 389 g/mol. The third-order valence-corrected chi connectivity index (χ3v) is 5.56. The molecule has 0 aromatic heterocycles. The standard InChI is InChI=1S/C16H23Cl2N3OS.ClH/c1-12(23-15-11-13(17)3-4-14(15)18)16(22)20-5-2-8-21-9-6-19-7-10-21;/h3-4,11-12,19H,2,5-10H2,1H3,(H,20,22);1H. The minimum atomic E-state index is -0.204. The maximum atomic E-state index is 12.2. The van der Waals surface area contributed by atoms with Crippen LogP contribution in [0, 0.1) is 0 Å². The Morgan fingerprint density at radius 2 is 2.08 bits per heavy atom. The van der Waals surface area contributed by atoms with Crippen molar-refractivity contribution in [1.82, 2.24) is 15.5 Å². The van der Waals surface area contributed by atoms with Crippen LogP contribution in [-0.2, 0) is 4.79 Å². The fourth-order valence-corrected chi connectivity index (χ4v) is 3.84. The summed E-state index contributed by atoms with van der Waals surface area (Å²) in [5.74, 6) is 0.0337. The van der Waals surface area contributed by atoms with Gasteiger partial charge in [0.2, 0.25) is 5.91 Å². The Kier molecular flexibility index (Phi) is 10.4. The van der Waals surface area contributed by atoms with Crippen molar-refractivity contribution in [1.29, 1.82) is 0 Å². The lowest BCUT2D eigenvalue weighted by Gasteiger charge is -2.27. The van der Waals surface area contributed by atoms with Crippen LogP contribution in [0.2, 0.25) is 10.0 Å². The van der Waals surface area contributed by atoms with Gasteiger partial charge in [0.25, 0.3) is 0 Å². The van der Waals surface area contributed by atoms with E-state index in [1.807, 2.05) is 6.92 Å². The predicted molar refractivity (Wildman–Crippen MR) is 106 cm³/mol. The summed E-state index contributed by atoms with van der Waals surface area (Å²) >= 11 is 13.5. The number of thioether (sulfide) groups is 1. The van der Waals surface area contributed by atoms with E-state index in [-0.39, 0.29) is 23.6 Å². The van der Waals surface area contributed by atoms with Crippen LogP contribution in [0.4, 0.5) is 0 Å². The molecule has 0 bridgehead atoms. The molecule has 0 radical (unpaired) electrons. The van der Waals surface area contributed by atoms with Crippen molar-refractivity contribution >= 4 is 53.3 Å². The van der Waals surface area contributed by atoms with Crippen LogP contribution in [0.3, 0.4) is 0 Å². The number of nitrogens with zero attached hydrogens (tertiary/aromatic N) is 1. The van der Waals surface area contributed by atoms with Gasteiger partial charge in [0, 0.05) is 42.6 Å². The van der Waals surface area contributed by atoms with E-state index in [1.54, 1.807) is 18.2 Å². The minimum absolute atomic E-state index is 0. The lowest BCUT2D eigenvalue weighted by atomic mass is 10.3. The lowest BCUT2D eigenvalue weighted by molar-refractivity contribution is -0.120. The van der Waals surface area contributed by atoms with Crippen LogP contribution in [-0.4, -0.2) is 55.3 Å². The molecule has 1 heterocycles. The van der Waals surface area contributed by atoms with Crippen LogP contribution in [0.5, 0.6) is 0 Å². The van der Waals surface area contributed by atoms with Gasteiger partial charge in [0.1, 0.15) is 0 Å². The Bertz CT molecular complexity index is 527. The second-order valence-corrected chi connectivity index (χ2v) is 7.80. The van der Waals surface area contributed by atoms with Crippen molar-refractivity contribution in [3.8, 4) is 0 Å². The summed E-state index contributed by atoms with van der Waals surface area (Å²) in [6, 6.07) is 5.29. The van der Waals surface area contributed by atoms with Crippen molar-refractivity contribution in [2.45, 2.75) is 23.5 Å². The maximum absolute atomic E-state index is 12.2. The fraction of sp³-hybridized carbons (Fsp3) is 0.562. The molecule has 0 saturated carbocycles. The van der Waals surface area contributed by atoms with Gasteiger partial charge in [-0.1, -0.05) is 23.2 Å². The molecule has 2 N–H and O–H groups in total. The summed E-state index contributed by atoms with van der Waals surface area (Å²) < 4.78 is 0. The van der Waals surface area contributed by atoms with Crippen LogP contribution >= 0.6 is 47.4 Å². The van der Waals surface area contributed by atoms with E-state index >= 15 is 0 Å². The quantitative estimate of drug-likeness (QED) is 0.533. The third-order valence-electron chi connectivity index (χ3n) is 3.73. The van der Waals surface area contributed by atoms with E-state index in [4.69, 9.17) is 23.2 Å². The molecular formula is C16H24Cl3N3OS. The highest BCUT2D eigenvalue weighted by Crippen LogP contribution is 2.32. The van der Waals surface area contributed by atoms with Crippen LogP contribution in [0.15, 0.2) is 23.1 Å².